The van der Waals surface area contributed by atoms with Crippen molar-refractivity contribution in [2.24, 2.45) is 5.10 Å². The standard InChI is InChI=1S/C12H10N4O2/c17-11-8-14-6-3-10(11)7-15-16-12(18)9-1-4-13-5-2-9/h1-8,17H,(H,16,18). The van der Waals surface area contributed by atoms with Gasteiger partial charge in [-0.3, -0.25) is 14.8 Å². The second-order valence-electron chi connectivity index (χ2n) is 3.37. The van der Waals surface area contributed by atoms with Crippen LogP contribution in [0.5, 0.6) is 5.75 Å². The molecule has 1 amide bonds. The van der Waals surface area contributed by atoms with Crippen LogP contribution in [0, 0.1) is 0 Å². The zero-order chi connectivity index (χ0) is 12.8. The Labute approximate surface area is 103 Å². The van der Waals surface area contributed by atoms with Gasteiger partial charge in [-0.1, -0.05) is 0 Å². The van der Waals surface area contributed by atoms with Gasteiger partial charge < -0.3 is 5.11 Å². The van der Waals surface area contributed by atoms with Crippen molar-refractivity contribution in [3.8, 4) is 5.75 Å². The molecule has 2 heterocycles. The average molecular weight is 242 g/mol. The fraction of sp³-hybridized carbons (Fsp3) is 0. The lowest BCUT2D eigenvalue weighted by Gasteiger charge is -1.99. The Bertz CT molecular complexity index is 569. The molecule has 0 saturated carbocycles. The number of nitrogens with one attached hydrogen (secondary N) is 1. The number of amides is 1. The number of nitrogens with zero attached hydrogens (tertiary/aromatic N) is 3. The molecule has 90 valence electrons. The maximum atomic E-state index is 11.6. The van der Waals surface area contributed by atoms with Crippen molar-refractivity contribution >= 4 is 12.1 Å². The summed E-state index contributed by atoms with van der Waals surface area (Å²) in [5.74, 6) is -0.346. The molecule has 0 aliphatic carbocycles. The molecule has 0 saturated heterocycles. The second kappa shape index (κ2) is 5.53. The number of carbonyl (C=O) groups is 1. The van der Waals surface area contributed by atoms with E-state index in [2.05, 4.69) is 20.5 Å². The van der Waals surface area contributed by atoms with Gasteiger partial charge in [-0.2, -0.15) is 5.10 Å². The highest BCUT2D eigenvalue weighted by Gasteiger charge is 2.02. The number of hydrogen-bond acceptors (Lipinski definition) is 5. The van der Waals surface area contributed by atoms with Crippen LogP contribution in [0.1, 0.15) is 15.9 Å². The first-order chi connectivity index (χ1) is 8.77. The molecule has 0 spiro atoms. The smallest absolute Gasteiger partial charge is 0.271 e. The fourth-order valence-corrected chi connectivity index (χ4v) is 1.23. The Morgan fingerprint density at radius 3 is 2.67 bits per heavy atom. The van der Waals surface area contributed by atoms with Crippen LogP contribution < -0.4 is 5.43 Å². The minimum atomic E-state index is -0.345. The predicted molar refractivity (Wildman–Crippen MR) is 65.2 cm³/mol. The maximum absolute atomic E-state index is 11.6. The summed E-state index contributed by atoms with van der Waals surface area (Å²) in [7, 11) is 0. The Morgan fingerprint density at radius 2 is 1.94 bits per heavy atom. The van der Waals surface area contributed by atoms with Crippen molar-refractivity contribution in [3.63, 3.8) is 0 Å². The van der Waals surface area contributed by atoms with Crippen LogP contribution in [0.15, 0.2) is 48.1 Å². The summed E-state index contributed by atoms with van der Waals surface area (Å²) in [6.07, 6.45) is 7.20. The summed E-state index contributed by atoms with van der Waals surface area (Å²) in [5.41, 5.74) is 3.28. The van der Waals surface area contributed by atoms with Crippen LogP contribution in [0.3, 0.4) is 0 Å². The largest absolute Gasteiger partial charge is 0.506 e. The van der Waals surface area contributed by atoms with E-state index in [4.69, 9.17) is 0 Å². The first kappa shape index (κ1) is 11.7. The highest BCUT2D eigenvalue weighted by molar-refractivity contribution is 5.94. The number of pyridine rings is 2. The third-order valence-electron chi connectivity index (χ3n) is 2.14. The molecule has 2 aromatic rings. The number of rotatable bonds is 3. The number of hydrogen-bond donors (Lipinski definition) is 2. The van der Waals surface area contributed by atoms with E-state index in [1.54, 1.807) is 18.2 Å². The lowest BCUT2D eigenvalue weighted by atomic mass is 10.2. The Balaban J connectivity index is 2.00. The Morgan fingerprint density at radius 1 is 1.22 bits per heavy atom. The third kappa shape index (κ3) is 2.88. The molecule has 2 aromatic heterocycles. The molecule has 0 radical (unpaired) electrons. The molecule has 6 nitrogen and oxygen atoms in total. The normalized spacial score (nSPS) is 10.4. The van der Waals surface area contributed by atoms with E-state index in [0.29, 0.717) is 11.1 Å². The molecule has 0 aliphatic rings. The molecule has 2 rings (SSSR count). The molecule has 0 aromatic carbocycles. The van der Waals surface area contributed by atoms with Crippen LogP contribution in [0.25, 0.3) is 0 Å². The number of carbonyl (C=O) groups excluding carboxylic acids is 1. The summed E-state index contributed by atoms with van der Waals surface area (Å²) in [4.78, 5) is 19.1. The maximum Gasteiger partial charge on any atom is 0.271 e. The summed E-state index contributed by atoms with van der Waals surface area (Å²) in [6.45, 7) is 0. The van der Waals surface area contributed by atoms with Crippen LogP contribution in [-0.4, -0.2) is 27.2 Å². The minimum Gasteiger partial charge on any atom is -0.506 e. The minimum absolute atomic E-state index is 0.000546. The van der Waals surface area contributed by atoms with E-state index in [9.17, 15) is 9.90 Å². The van der Waals surface area contributed by atoms with Gasteiger partial charge in [-0.05, 0) is 18.2 Å². The predicted octanol–water partition coefficient (Wildman–Crippen LogP) is 0.946. The van der Waals surface area contributed by atoms with Crippen molar-refractivity contribution < 1.29 is 9.90 Å². The first-order valence-electron chi connectivity index (χ1n) is 5.14. The second-order valence-corrected chi connectivity index (χ2v) is 3.37. The van der Waals surface area contributed by atoms with Gasteiger partial charge in [0, 0.05) is 29.7 Å². The van der Waals surface area contributed by atoms with E-state index in [0.717, 1.165) is 0 Å². The van der Waals surface area contributed by atoms with Gasteiger partial charge in [-0.25, -0.2) is 5.43 Å². The van der Waals surface area contributed by atoms with Crippen molar-refractivity contribution in [2.45, 2.75) is 0 Å². The number of hydrazone groups is 1. The summed E-state index contributed by atoms with van der Waals surface area (Å²) < 4.78 is 0. The van der Waals surface area contributed by atoms with E-state index in [1.807, 2.05) is 0 Å². The Kier molecular flexibility index (Phi) is 3.60. The van der Waals surface area contributed by atoms with Crippen LogP contribution in [-0.2, 0) is 0 Å². The molecule has 0 fully saturated rings. The third-order valence-corrected chi connectivity index (χ3v) is 2.14. The van der Waals surface area contributed by atoms with Gasteiger partial charge in [0.05, 0.1) is 12.4 Å². The number of aromatic hydroxyl groups is 1. The topological polar surface area (TPSA) is 87.5 Å². The zero-order valence-electron chi connectivity index (χ0n) is 9.32. The van der Waals surface area contributed by atoms with Gasteiger partial charge in [-0.15, -0.1) is 0 Å². The van der Waals surface area contributed by atoms with E-state index in [-0.39, 0.29) is 11.7 Å². The van der Waals surface area contributed by atoms with Crippen LogP contribution in [0.2, 0.25) is 0 Å². The highest BCUT2D eigenvalue weighted by atomic mass is 16.3. The molecule has 6 heteroatoms. The van der Waals surface area contributed by atoms with Crippen molar-refractivity contribution in [2.75, 3.05) is 0 Å². The first-order valence-corrected chi connectivity index (χ1v) is 5.14. The van der Waals surface area contributed by atoms with Crippen molar-refractivity contribution in [3.05, 3.63) is 54.1 Å². The number of aromatic nitrogens is 2. The molecule has 0 aliphatic heterocycles. The molecule has 0 atom stereocenters. The average Bonchev–Trinajstić information content (AvgIpc) is 2.42. The summed E-state index contributed by atoms with van der Waals surface area (Å²) >= 11 is 0. The van der Waals surface area contributed by atoms with Gasteiger partial charge in [0.2, 0.25) is 0 Å². The quantitative estimate of drug-likeness (QED) is 0.619. The van der Waals surface area contributed by atoms with Crippen molar-refractivity contribution in [1.29, 1.82) is 0 Å². The monoisotopic (exact) mass is 242 g/mol. The molecule has 2 N–H and O–H groups in total. The SMILES string of the molecule is O=C(NN=Cc1ccncc1O)c1ccncc1. The molecule has 18 heavy (non-hydrogen) atoms. The van der Waals surface area contributed by atoms with E-state index < -0.39 is 0 Å². The van der Waals surface area contributed by atoms with Gasteiger partial charge in [0.1, 0.15) is 5.75 Å². The lowest BCUT2D eigenvalue weighted by molar-refractivity contribution is 0.0955. The Hall–Kier alpha value is -2.76. The van der Waals surface area contributed by atoms with Gasteiger partial charge in [0.25, 0.3) is 5.91 Å². The molecular weight excluding hydrogens is 232 g/mol. The lowest BCUT2D eigenvalue weighted by Crippen LogP contribution is -2.17. The van der Waals surface area contributed by atoms with E-state index >= 15 is 0 Å². The van der Waals surface area contributed by atoms with E-state index in [1.165, 1.54) is 31.0 Å². The van der Waals surface area contributed by atoms with Gasteiger partial charge >= 0.3 is 0 Å². The van der Waals surface area contributed by atoms with Gasteiger partial charge in [0.15, 0.2) is 0 Å². The molecule has 0 bridgehead atoms. The highest BCUT2D eigenvalue weighted by Crippen LogP contribution is 2.10. The molecular formula is C12H10N4O2. The molecule has 0 unspecified atom stereocenters. The fourth-order valence-electron chi connectivity index (χ4n) is 1.23. The summed E-state index contributed by atoms with van der Waals surface area (Å²) in [5, 5.41) is 13.2. The van der Waals surface area contributed by atoms with Crippen LogP contribution in [0.4, 0.5) is 0 Å². The van der Waals surface area contributed by atoms with Crippen molar-refractivity contribution in [1.82, 2.24) is 15.4 Å². The van der Waals surface area contributed by atoms with Crippen LogP contribution >= 0.6 is 0 Å². The summed E-state index contributed by atoms with van der Waals surface area (Å²) in [6, 6.07) is 4.74. The zero-order valence-corrected chi connectivity index (χ0v) is 9.32.